The van der Waals surface area contributed by atoms with Crippen LogP contribution < -0.4 is 16.4 Å². The number of nitrogens with two attached hydrogens (primary N) is 1. The lowest BCUT2D eigenvalue weighted by Gasteiger charge is -2.31. The highest BCUT2D eigenvalue weighted by Gasteiger charge is 2.26. The van der Waals surface area contributed by atoms with Crippen LogP contribution in [0.1, 0.15) is 52.0 Å². The van der Waals surface area contributed by atoms with Crippen molar-refractivity contribution < 1.29 is 9.53 Å². The van der Waals surface area contributed by atoms with Crippen molar-refractivity contribution in [3.05, 3.63) is 56.7 Å². The summed E-state index contributed by atoms with van der Waals surface area (Å²) in [6.07, 6.45) is 6.57. The normalized spacial score (nSPS) is 18.8. The number of nitrogens with zero attached hydrogens (tertiary/aromatic N) is 3. The Morgan fingerprint density at radius 1 is 1.19 bits per heavy atom. The van der Waals surface area contributed by atoms with Crippen molar-refractivity contribution in [2.45, 2.75) is 64.1 Å². The number of hydrogen-bond donors (Lipinski definition) is 3. The highest BCUT2D eigenvalue weighted by Crippen LogP contribution is 2.34. The molecule has 192 valence electrons. The minimum atomic E-state index is -0.521. The van der Waals surface area contributed by atoms with E-state index in [0.717, 1.165) is 41.4 Å². The molecule has 3 aromatic rings. The van der Waals surface area contributed by atoms with E-state index in [0.29, 0.717) is 21.3 Å². The van der Waals surface area contributed by atoms with Gasteiger partial charge in [-0.15, -0.1) is 0 Å². The number of amides is 1. The topological polar surface area (TPSA) is 106 Å². The number of amidine groups is 1. The second kappa shape index (κ2) is 10.9. The van der Waals surface area contributed by atoms with Gasteiger partial charge in [0.15, 0.2) is 0 Å². The summed E-state index contributed by atoms with van der Waals surface area (Å²) in [4.78, 5) is 16.7. The summed E-state index contributed by atoms with van der Waals surface area (Å²) < 4.78 is 8.07. The molecule has 0 atom stereocenters. The molecule has 1 aromatic carbocycles. The Hall–Kier alpha value is -2.49. The van der Waals surface area contributed by atoms with Gasteiger partial charge in [0.1, 0.15) is 17.1 Å². The van der Waals surface area contributed by atoms with Crippen molar-refractivity contribution in [3.8, 4) is 0 Å². The van der Waals surface area contributed by atoms with Crippen LogP contribution in [0.15, 0.2) is 46.1 Å². The zero-order chi connectivity index (χ0) is 26.0. The summed E-state index contributed by atoms with van der Waals surface area (Å²) in [5, 5.41) is 12.0. The van der Waals surface area contributed by atoms with Gasteiger partial charge in [0.2, 0.25) is 0 Å². The molecule has 0 saturated heterocycles. The number of carbonyl (C=O) groups is 1. The van der Waals surface area contributed by atoms with Crippen LogP contribution in [-0.4, -0.2) is 39.2 Å². The number of carbonyl (C=O) groups excluding carboxylic acids is 1. The van der Waals surface area contributed by atoms with Gasteiger partial charge in [0.05, 0.1) is 33.0 Å². The molecule has 1 aliphatic carbocycles. The highest BCUT2D eigenvalue weighted by molar-refractivity contribution is 9.10. The van der Waals surface area contributed by atoms with E-state index in [1.54, 1.807) is 28.9 Å². The number of anilines is 1. The van der Waals surface area contributed by atoms with Crippen LogP contribution in [0.25, 0.3) is 5.52 Å². The van der Waals surface area contributed by atoms with Gasteiger partial charge in [0, 0.05) is 22.8 Å². The van der Waals surface area contributed by atoms with Crippen LogP contribution in [0.5, 0.6) is 0 Å². The van der Waals surface area contributed by atoms with Crippen LogP contribution in [0.2, 0.25) is 10.0 Å². The fourth-order valence-corrected chi connectivity index (χ4v) is 5.10. The van der Waals surface area contributed by atoms with E-state index in [9.17, 15) is 4.79 Å². The van der Waals surface area contributed by atoms with Gasteiger partial charge in [-0.2, -0.15) is 5.10 Å². The number of halogens is 3. The van der Waals surface area contributed by atoms with Crippen LogP contribution in [0, 0.1) is 0 Å². The predicted octanol–water partition coefficient (Wildman–Crippen LogP) is 6.69. The Balaban J connectivity index is 1.55. The van der Waals surface area contributed by atoms with Crippen molar-refractivity contribution in [2.75, 3.05) is 5.32 Å². The Morgan fingerprint density at radius 2 is 1.83 bits per heavy atom. The standard InChI is InChI=1S/C25H29BrCl2N6O2/c1-25(2,3)36-24(35)32-16-9-7-15(8-10-16)31-21-17(12-30-34-13-14(26)11-20(21)34)23(29)33-22-18(27)5-4-6-19(22)28/h4-6,11-13,15-16,31H,7-10H2,1-3H3,(H2,29,33)(H,32,35)/t15-,16-. The summed E-state index contributed by atoms with van der Waals surface area (Å²) >= 11 is 16.2. The predicted molar refractivity (Wildman–Crippen MR) is 149 cm³/mol. The largest absolute Gasteiger partial charge is 0.444 e. The van der Waals surface area contributed by atoms with Crippen LogP contribution in [0.3, 0.4) is 0 Å². The van der Waals surface area contributed by atoms with E-state index in [1.807, 2.05) is 33.0 Å². The first-order valence-corrected chi connectivity index (χ1v) is 13.3. The molecular weight excluding hydrogens is 567 g/mol. The number of benzene rings is 1. The van der Waals surface area contributed by atoms with Crippen molar-refractivity contribution >= 4 is 68.0 Å². The molecule has 2 heterocycles. The van der Waals surface area contributed by atoms with E-state index in [-0.39, 0.29) is 24.0 Å². The maximum atomic E-state index is 12.2. The van der Waals surface area contributed by atoms with E-state index >= 15 is 0 Å². The number of nitrogens with one attached hydrogen (secondary N) is 2. The molecule has 1 fully saturated rings. The third-order valence-electron chi connectivity index (χ3n) is 5.85. The molecule has 8 nitrogen and oxygen atoms in total. The first-order chi connectivity index (χ1) is 17.0. The number of fused-ring (bicyclic) bond motifs is 1. The Kier molecular flexibility index (Phi) is 8.02. The second-order valence-electron chi connectivity index (χ2n) is 9.83. The first-order valence-electron chi connectivity index (χ1n) is 11.7. The molecule has 0 spiro atoms. The van der Waals surface area contributed by atoms with Gasteiger partial charge in [-0.1, -0.05) is 29.3 Å². The molecule has 4 rings (SSSR count). The van der Waals surface area contributed by atoms with Gasteiger partial charge in [-0.25, -0.2) is 14.3 Å². The molecule has 1 amide bonds. The van der Waals surface area contributed by atoms with Crippen molar-refractivity contribution in [1.29, 1.82) is 0 Å². The van der Waals surface area contributed by atoms with Gasteiger partial charge in [-0.05, 0) is 80.6 Å². The zero-order valence-electron chi connectivity index (χ0n) is 20.3. The Morgan fingerprint density at radius 3 is 2.47 bits per heavy atom. The molecule has 0 bridgehead atoms. The zero-order valence-corrected chi connectivity index (χ0v) is 23.4. The molecular formula is C25H29BrCl2N6O2. The summed E-state index contributed by atoms with van der Waals surface area (Å²) in [5.41, 5.74) is 8.69. The van der Waals surface area contributed by atoms with E-state index in [4.69, 9.17) is 33.7 Å². The first kappa shape index (κ1) is 26.6. The molecule has 11 heteroatoms. The SMILES string of the molecule is CC(C)(C)OC(=O)N[C@H]1CC[C@H](Nc2c(C(N)=Nc3c(Cl)cccc3Cl)cnn3cc(Br)cc23)CC1. The number of para-hydroxylation sites is 1. The summed E-state index contributed by atoms with van der Waals surface area (Å²) in [7, 11) is 0. The Bertz CT molecular complexity index is 1280. The van der Waals surface area contributed by atoms with Crippen LogP contribution >= 0.6 is 39.1 Å². The lowest BCUT2D eigenvalue weighted by atomic mass is 9.91. The number of aromatic nitrogens is 2. The third kappa shape index (κ3) is 6.44. The average Bonchev–Trinajstić information content (AvgIpc) is 3.17. The molecule has 1 saturated carbocycles. The van der Waals surface area contributed by atoms with E-state index in [1.165, 1.54) is 0 Å². The van der Waals surface area contributed by atoms with E-state index in [2.05, 4.69) is 36.7 Å². The number of hydrogen-bond acceptors (Lipinski definition) is 5. The highest BCUT2D eigenvalue weighted by atomic mass is 79.9. The fourth-order valence-electron chi connectivity index (χ4n) is 4.21. The van der Waals surface area contributed by atoms with E-state index < -0.39 is 5.60 Å². The van der Waals surface area contributed by atoms with Gasteiger partial charge >= 0.3 is 6.09 Å². The molecule has 2 aromatic heterocycles. The maximum Gasteiger partial charge on any atom is 0.407 e. The molecule has 36 heavy (non-hydrogen) atoms. The third-order valence-corrected chi connectivity index (χ3v) is 6.89. The molecule has 4 N–H and O–H groups in total. The minimum Gasteiger partial charge on any atom is -0.444 e. The number of rotatable bonds is 5. The van der Waals surface area contributed by atoms with Crippen molar-refractivity contribution in [3.63, 3.8) is 0 Å². The fraction of sp³-hybridized carbons (Fsp3) is 0.400. The lowest BCUT2D eigenvalue weighted by molar-refractivity contribution is 0.0492. The van der Waals surface area contributed by atoms with Gasteiger partial charge in [-0.3, -0.25) is 0 Å². The van der Waals surface area contributed by atoms with Crippen LogP contribution in [0.4, 0.5) is 16.2 Å². The summed E-state index contributed by atoms with van der Waals surface area (Å²) in [6.45, 7) is 5.57. The number of aliphatic imine (C=N–C) groups is 1. The van der Waals surface area contributed by atoms with Gasteiger partial charge < -0.3 is 21.1 Å². The lowest BCUT2D eigenvalue weighted by Crippen LogP contribution is -2.42. The molecule has 0 unspecified atom stereocenters. The summed E-state index contributed by atoms with van der Waals surface area (Å²) in [6, 6.07) is 7.42. The van der Waals surface area contributed by atoms with Crippen LogP contribution in [-0.2, 0) is 4.74 Å². The summed E-state index contributed by atoms with van der Waals surface area (Å²) in [5.74, 6) is 0.250. The number of ether oxygens (including phenoxy) is 1. The quantitative estimate of drug-likeness (QED) is 0.225. The Labute approximate surface area is 228 Å². The molecule has 0 aliphatic heterocycles. The molecule has 0 radical (unpaired) electrons. The molecule has 1 aliphatic rings. The smallest absolute Gasteiger partial charge is 0.407 e. The minimum absolute atomic E-state index is 0.0753. The van der Waals surface area contributed by atoms with Gasteiger partial charge in [0.25, 0.3) is 0 Å². The van der Waals surface area contributed by atoms with Crippen molar-refractivity contribution in [1.82, 2.24) is 14.9 Å². The number of alkyl carbamates (subject to hydrolysis) is 1. The second-order valence-corrected chi connectivity index (χ2v) is 11.6. The monoisotopic (exact) mass is 594 g/mol. The average molecular weight is 596 g/mol. The van der Waals surface area contributed by atoms with Crippen molar-refractivity contribution in [2.24, 2.45) is 10.7 Å². The maximum absolute atomic E-state index is 12.2.